The first-order chi connectivity index (χ1) is 11.1. The SMILES string of the molecule is O=C(NC(C1CCCO1)C1(CO)CCC1)c1cc(F)ccc1Cl. The molecule has 1 saturated carbocycles. The number of carbonyl (C=O) groups is 1. The minimum absolute atomic E-state index is 0.00862. The quantitative estimate of drug-likeness (QED) is 0.865. The molecule has 1 aliphatic heterocycles. The van der Waals surface area contributed by atoms with E-state index in [2.05, 4.69) is 5.32 Å². The lowest BCUT2D eigenvalue weighted by Crippen LogP contribution is -2.58. The molecule has 4 nitrogen and oxygen atoms in total. The van der Waals surface area contributed by atoms with Crippen LogP contribution in [0.4, 0.5) is 4.39 Å². The maximum absolute atomic E-state index is 13.4. The molecular formula is C17H21ClFNO3. The summed E-state index contributed by atoms with van der Waals surface area (Å²) in [5.41, 5.74) is -0.230. The molecule has 23 heavy (non-hydrogen) atoms. The Labute approximate surface area is 140 Å². The number of ether oxygens (including phenoxy) is 1. The number of benzene rings is 1. The lowest BCUT2D eigenvalue weighted by atomic mass is 9.63. The molecule has 0 bridgehead atoms. The van der Waals surface area contributed by atoms with E-state index in [4.69, 9.17) is 16.3 Å². The van der Waals surface area contributed by atoms with Gasteiger partial charge in [-0.05, 0) is 43.9 Å². The number of amides is 1. The van der Waals surface area contributed by atoms with Gasteiger partial charge < -0.3 is 15.2 Å². The van der Waals surface area contributed by atoms with E-state index in [0.29, 0.717) is 6.61 Å². The highest BCUT2D eigenvalue weighted by atomic mass is 35.5. The third-order valence-electron chi connectivity index (χ3n) is 5.12. The average Bonchev–Trinajstić information content (AvgIpc) is 3.02. The van der Waals surface area contributed by atoms with Crippen LogP contribution in [0.25, 0.3) is 0 Å². The first-order valence-electron chi connectivity index (χ1n) is 8.04. The van der Waals surface area contributed by atoms with E-state index in [-0.39, 0.29) is 34.8 Å². The Morgan fingerprint density at radius 3 is 2.83 bits per heavy atom. The maximum atomic E-state index is 13.4. The van der Waals surface area contributed by atoms with E-state index in [0.717, 1.165) is 38.2 Å². The zero-order chi connectivity index (χ0) is 16.4. The van der Waals surface area contributed by atoms with E-state index < -0.39 is 11.7 Å². The van der Waals surface area contributed by atoms with Crippen LogP contribution >= 0.6 is 11.6 Å². The number of aliphatic hydroxyl groups is 1. The molecule has 6 heteroatoms. The van der Waals surface area contributed by atoms with E-state index in [9.17, 15) is 14.3 Å². The molecule has 0 aromatic heterocycles. The maximum Gasteiger partial charge on any atom is 0.253 e. The van der Waals surface area contributed by atoms with Gasteiger partial charge in [0.05, 0.1) is 29.3 Å². The van der Waals surface area contributed by atoms with Gasteiger partial charge in [0.25, 0.3) is 5.91 Å². The van der Waals surface area contributed by atoms with Crippen molar-refractivity contribution in [2.24, 2.45) is 5.41 Å². The molecule has 2 fully saturated rings. The zero-order valence-electron chi connectivity index (χ0n) is 12.9. The summed E-state index contributed by atoms with van der Waals surface area (Å²) < 4.78 is 19.2. The minimum atomic E-state index is -0.506. The number of aliphatic hydroxyl groups excluding tert-OH is 1. The van der Waals surface area contributed by atoms with E-state index in [1.807, 2.05) is 0 Å². The predicted octanol–water partition coefficient (Wildman–Crippen LogP) is 2.92. The molecule has 1 amide bonds. The van der Waals surface area contributed by atoms with E-state index in [1.54, 1.807) is 0 Å². The van der Waals surface area contributed by atoms with Crippen molar-refractivity contribution in [2.45, 2.75) is 44.2 Å². The van der Waals surface area contributed by atoms with Crippen molar-refractivity contribution in [3.05, 3.63) is 34.6 Å². The molecule has 1 heterocycles. The molecule has 2 unspecified atom stereocenters. The van der Waals surface area contributed by atoms with Crippen LogP contribution in [0.15, 0.2) is 18.2 Å². The Morgan fingerprint density at radius 2 is 2.26 bits per heavy atom. The van der Waals surface area contributed by atoms with Gasteiger partial charge in [-0.3, -0.25) is 4.79 Å². The van der Waals surface area contributed by atoms with Crippen molar-refractivity contribution < 1.29 is 19.0 Å². The highest BCUT2D eigenvalue weighted by Crippen LogP contribution is 2.46. The van der Waals surface area contributed by atoms with Crippen LogP contribution in [-0.2, 0) is 4.74 Å². The van der Waals surface area contributed by atoms with Gasteiger partial charge in [0.2, 0.25) is 0 Å². The molecule has 1 aromatic rings. The van der Waals surface area contributed by atoms with Gasteiger partial charge in [-0.2, -0.15) is 0 Å². The Hall–Kier alpha value is -1.17. The first-order valence-corrected chi connectivity index (χ1v) is 8.42. The van der Waals surface area contributed by atoms with Gasteiger partial charge >= 0.3 is 0 Å². The number of rotatable bonds is 5. The summed E-state index contributed by atoms with van der Waals surface area (Å²) in [6, 6.07) is 3.45. The Balaban J connectivity index is 1.83. The Bertz CT molecular complexity index is 580. The second-order valence-corrected chi connectivity index (χ2v) is 6.91. The molecule has 126 valence electrons. The van der Waals surface area contributed by atoms with Gasteiger partial charge in [0.15, 0.2) is 0 Å². The number of halogens is 2. The minimum Gasteiger partial charge on any atom is -0.396 e. The molecule has 3 rings (SSSR count). The molecule has 1 aliphatic carbocycles. The molecule has 0 radical (unpaired) electrons. The van der Waals surface area contributed by atoms with E-state index in [1.165, 1.54) is 12.1 Å². The van der Waals surface area contributed by atoms with Crippen molar-refractivity contribution in [1.82, 2.24) is 5.32 Å². The van der Waals surface area contributed by atoms with Crippen molar-refractivity contribution in [1.29, 1.82) is 0 Å². The van der Waals surface area contributed by atoms with Crippen molar-refractivity contribution in [3.63, 3.8) is 0 Å². The van der Waals surface area contributed by atoms with Crippen molar-refractivity contribution >= 4 is 17.5 Å². The second kappa shape index (κ2) is 6.75. The van der Waals surface area contributed by atoms with Gasteiger partial charge in [-0.25, -0.2) is 4.39 Å². The molecule has 0 spiro atoms. The summed E-state index contributed by atoms with van der Waals surface area (Å²) in [5.74, 6) is -0.927. The van der Waals surface area contributed by atoms with Crippen LogP contribution < -0.4 is 5.32 Å². The fraction of sp³-hybridized carbons (Fsp3) is 0.588. The third-order valence-corrected chi connectivity index (χ3v) is 5.45. The number of hydrogen-bond donors (Lipinski definition) is 2. The van der Waals surface area contributed by atoms with Gasteiger partial charge in [0, 0.05) is 12.0 Å². The van der Waals surface area contributed by atoms with Crippen molar-refractivity contribution in [2.75, 3.05) is 13.2 Å². The van der Waals surface area contributed by atoms with Crippen LogP contribution in [-0.4, -0.2) is 36.4 Å². The normalized spacial score (nSPS) is 24.0. The van der Waals surface area contributed by atoms with Crippen LogP contribution in [0, 0.1) is 11.2 Å². The van der Waals surface area contributed by atoms with Gasteiger partial charge in [0.1, 0.15) is 5.82 Å². The average molecular weight is 342 g/mol. The molecule has 2 aliphatic rings. The Morgan fingerprint density at radius 1 is 1.48 bits per heavy atom. The summed E-state index contributed by atoms with van der Waals surface area (Å²) in [4.78, 5) is 12.6. The van der Waals surface area contributed by atoms with Gasteiger partial charge in [-0.15, -0.1) is 0 Å². The topological polar surface area (TPSA) is 58.6 Å². The smallest absolute Gasteiger partial charge is 0.253 e. The van der Waals surface area contributed by atoms with Crippen LogP contribution in [0.3, 0.4) is 0 Å². The molecule has 1 saturated heterocycles. The lowest BCUT2D eigenvalue weighted by Gasteiger charge is -2.48. The standard InChI is InChI=1S/C17H21ClFNO3/c18-13-5-4-11(19)9-12(13)16(22)20-15(14-3-1-8-23-14)17(10-21)6-2-7-17/h4-5,9,14-15,21H,1-3,6-8,10H2,(H,20,22). The van der Waals surface area contributed by atoms with Crippen LogP contribution in [0.2, 0.25) is 5.02 Å². The summed E-state index contributed by atoms with van der Waals surface area (Å²) in [6.07, 6.45) is 4.42. The second-order valence-electron chi connectivity index (χ2n) is 6.50. The largest absolute Gasteiger partial charge is 0.396 e. The fourth-order valence-electron chi connectivity index (χ4n) is 3.59. The highest BCUT2D eigenvalue weighted by molar-refractivity contribution is 6.33. The monoisotopic (exact) mass is 341 g/mol. The molecule has 1 aromatic carbocycles. The van der Waals surface area contributed by atoms with Crippen LogP contribution in [0.5, 0.6) is 0 Å². The number of carbonyl (C=O) groups excluding carboxylic acids is 1. The van der Waals surface area contributed by atoms with Crippen molar-refractivity contribution in [3.8, 4) is 0 Å². The van der Waals surface area contributed by atoms with Gasteiger partial charge in [-0.1, -0.05) is 18.0 Å². The molecule has 2 N–H and O–H groups in total. The Kier molecular flexibility index (Phi) is 4.90. The third kappa shape index (κ3) is 3.23. The first kappa shape index (κ1) is 16.7. The molecule has 2 atom stereocenters. The summed E-state index contributed by atoms with van der Waals surface area (Å²) in [6.45, 7) is 0.675. The summed E-state index contributed by atoms with van der Waals surface area (Å²) >= 11 is 6.02. The van der Waals surface area contributed by atoms with E-state index >= 15 is 0 Å². The lowest BCUT2D eigenvalue weighted by molar-refractivity contribution is -0.0480. The highest BCUT2D eigenvalue weighted by Gasteiger charge is 2.48. The molecular weight excluding hydrogens is 321 g/mol. The summed E-state index contributed by atoms with van der Waals surface area (Å²) in [7, 11) is 0. The zero-order valence-corrected chi connectivity index (χ0v) is 13.6. The predicted molar refractivity (Wildman–Crippen MR) is 85.0 cm³/mol. The van der Waals surface area contributed by atoms with Crippen LogP contribution in [0.1, 0.15) is 42.5 Å². The fourth-order valence-corrected chi connectivity index (χ4v) is 3.80. The summed E-state index contributed by atoms with van der Waals surface area (Å²) in [5, 5.41) is 13.0. The number of hydrogen-bond acceptors (Lipinski definition) is 3. The number of nitrogens with one attached hydrogen (secondary N) is 1.